The number of carboxylic acids is 1. The van der Waals surface area contributed by atoms with Gasteiger partial charge in [-0.25, -0.2) is 0 Å². The Balaban J connectivity index is 3.26. The summed E-state index contributed by atoms with van der Waals surface area (Å²) < 4.78 is 1.19. The standard InChI is InChI=1S/C7H7NO3/c1-8-4-5(7(10)11)2-3-6(8)9/h2-4H,1H3,(H,10,11)/p-1. The smallest absolute Gasteiger partial charge is 0.250 e. The summed E-state index contributed by atoms with van der Waals surface area (Å²) in [6.07, 6.45) is 1.22. The summed E-state index contributed by atoms with van der Waals surface area (Å²) in [5.74, 6) is -1.28. The second-order valence-electron chi connectivity index (χ2n) is 2.15. The Bertz CT molecular complexity index is 340. The first kappa shape index (κ1) is 7.53. The van der Waals surface area contributed by atoms with Crippen LogP contribution >= 0.6 is 0 Å². The van der Waals surface area contributed by atoms with E-state index < -0.39 is 5.97 Å². The van der Waals surface area contributed by atoms with E-state index in [1.807, 2.05) is 0 Å². The van der Waals surface area contributed by atoms with E-state index in [-0.39, 0.29) is 11.1 Å². The zero-order chi connectivity index (χ0) is 8.43. The Labute approximate surface area is 62.7 Å². The fourth-order valence-electron chi connectivity index (χ4n) is 0.715. The highest BCUT2D eigenvalue weighted by atomic mass is 16.4. The maximum atomic E-state index is 10.7. The van der Waals surface area contributed by atoms with Gasteiger partial charge in [-0.2, -0.15) is 0 Å². The van der Waals surface area contributed by atoms with E-state index in [1.165, 1.54) is 29.9 Å². The third-order valence-corrected chi connectivity index (χ3v) is 1.32. The molecule has 0 aliphatic rings. The van der Waals surface area contributed by atoms with Gasteiger partial charge in [-0.05, 0) is 6.07 Å². The van der Waals surface area contributed by atoms with Crippen LogP contribution in [-0.2, 0) is 7.05 Å². The Morgan fingerprint density at radius 3 is 2.64 bits per heavy atom. The van der Waals surface area contributed by atoms with Crippen molar-refractivity contribution in [2.24, 2.45) is 7.05 Å². The second kappa shape index (κ2) is 2.57. The number of pyridine rings is 1. The van der Waals surface area contributed by atoms with Crippen LogP contribution < -0.4 is 10.7 Å². The van der Waals surface area contributed by atoms with Crippen LogP contribution in [0.5, 0.6) is 0 Å². The number of nitrogens with zero attached hydrogens (tertiary/aromatic N) is 1. The van der Waals surface area contributed by atoms with Crippen molar-refractivity contribution < 1.29 is 9.90 Å². The van der Waals surface area contributed by atoms with Gasteiger partial charge in [-0.15, -0.1) is 0 Å². The van der Waals surface area contributed by atoms with Crippen molar-refractivity contribution in [3.8, 4) is 0 Å². The summed E-state index contributed by atoms with van der Waals surface area (Å²) in [5.41, 5.74) is -0.234. The molecule has 0 atom stereocenters. The van der Waals surface area contributed by atoms with Gasteiger partial charge in [0.1, 0.15) is 0 Å². The molecule has 1 aromatic heterocycles. The molecule has 11 heavy (non-hydrogen) atoms. The first-order valence-electron chi connectivity index (χ1n) is 2.99. The van der Waals surface area contributed by atoms with Gasteiger partial charge in [-0.3, -0.25) is 4.79 Å². The van der Waals surface area contributed by atoms with Gasteiger partial charge in [0.15, 0.2) is 0 Å². The van der Waals surface area contributed by atoms with Gasteiger partial charge in [-0.1, -0.05) is 0 Å². The van der Waals surface area contributed by atoms with Crippen LogP contribution in [0, 0.1) is 0 Å². The molecule has 1 aromatic rings. The van der Waals surface area contributed by atoms with E-state index >= 15 is 0 Å². The molecule has 0 aliphatic heterocycles. The van der Waals surface area contributed by atoms with Crippen molar-refractivity contribution in [1.29, 1.82) is 0 Å². The minimum atomic E-state index is -1.28. The third kappa shape index (κ3) is 1.46. The van der Waals surface area contributed by atoms with Crippen LogP contribution in [0.1, 0.15) is 10.4 Å². The predicted molar refractivity (Wildman–Crippen MR) is 36.0 cm³/mol. The summed E-state index contributed by atoms with van der Waals surface area (Å²) >= 11 is 0. The number of carbonyl (C=O) groups excluding carboxylic acids is 1. The maximum Gasteiger partial charge on any atom is 0.250 e. The summed E-state index contributed by atoms with van der Waals surface area (Å²) in [4.78, 5) is 21.0. The van der Waals surface area contributed by atoms with Crippen LogP contribution in [0.2, 0.25) is 0 Å². The van der Waals surface area contributed by atoms with Crippen molar-refractivity contribution >= 4 is 5.97 Å². The zero-order valence-electron chi connectivity index (χ0n) is 5.90. The topological polar surface area (TPSA) is 62.1 Å². The van der Waals surface area contributed by atoms with Crippen molar-refractivity contribution in [3.05, 3.63) is 34.2 Å². The number of rotatable bonds is 1. The van der Waals surface area contributed by atoms with Gasteiger partial charge in [0.2, 0.25) is 5.56 Å². The summed E-state index contributed by atoms with van der Waals surface area (Å²) in [5, 5.41) is 10.2. The van der Waals surface area contributed by atoms with E-state index in [1.54, 1.807) is 0 Å². The van der Waals surface area contributed by atoms with Crippen LogP contribution in [0.15, 0.2) is 23.1 Å². The van der Waals surface area contributed by atoms with Crippen molar-refractivity contribution in [1.82, 2.24) is 4.57 Å². The molecule has 0 aromatic carbocycles. The van der Waals surface area contributed by atoms with Gasteiger partial charge in [0.25, 0.3) is 0 Å². The largest absolute Gasteiger partial charge is 0.545 e. The molecule has 58 valence electrons. The molecule has 0 N–H and O–H groups in total. The molecule has 0 amide bonds. The highest BCUT2D eigenvalue weighted by Crippen LogP contribution is 1.90. The minimum absolute atomic E-state index is 0.00657. The lowest BCUT2D eigenvalue weighted by molar-refractivity contribution is -0.255. The number of hydrogen-bond donors (Lipinski definition) is 0. The molecule has 0 aliphatic carbocycles. The first-order chi connectivity index (χ1) is 5.11. The lowest BCUT2D eigenvalue weighted by atomic mass is 10.3. The normalized spacial score (nSPS) is 9.55. The molecule has 4 heteroatoms. The van der Waals surface area contributed by atoms with Crippen LogP contribution in [0.4, 0.5) is 0 Å². The zero-order valence-corrected chi connectivity index (χ0v) is 5.90. The van der Waals surface area contributed by atoms with Crippen molar-refractivity contribution in [3.63, 3.8) is 0 Å². The summed E-state index contributed by atoms with van der Waals surface area (Å²) in [6.45, 7) is 0. The Hall–Kier alpha value is -1.58. The fourth-order valence-corrected chi connectivity index (χ4v) is 0.715. The SMILES string of the molecule is Cn1cc(C(=O)[O-])ccc1=O. The molecule has 0 radical (unpaired) electrons. The predicted octanol–water partition coefficient (Wildman–Crippen LogP) is -1.25. The fraction of sp³-hybridized carbons (Fsp3) is 0.143. The molecule has 1 heterocycles. The summed E-state index contributed by atoms with van der Waals surface area (Å²) in [6, 6.07) is 2.41. The second-order valence-corrected chi connectivity index (χ2v) is 2.15. The van der Waals surface area contributed by atoms with Gasteiger partial charge in [0.05, 0.1) is 5.97 Å². The van der Waals surface area contributed by atoms with E-state index in [0.29, 0.717) is 0 Å². The number of aryl methyl sites for hydroxylation is 1. The Kier molecular flexibility index (Phi) is 1.76. The number of hydrogen-bond acceptors (Lipinski definition) is 3. The van der Waals surface area contributed by atoms with E-state index in [0.717, 1.165) is 0 Å². The molecule has 0 bridgehead atoms. The lowest BCUT2D eigenvalue weighted by Crippen LogP contribution is -2.25. The van der Waals surface area contributed by atoms with Crippen molar-refractivity contribution in [2.45, 2.75) is 0 Å². The molecular formula is C7H6NO3-. The molecule has 1 rings (SSSR count). The quantitative estimate of drug-likeness (QED) is 0.505. The average Bonchev–Trinajstić information content (AvgIpc) is 1.94. The van der Waals surface area contributed by atoms with E-state index in [2.05, 4.69) is 0 Å². The van der Waals surface area contributed by atoms with Crippen LogP contribution in [-0.4, -0.2) is 10.5 Å². The molecular weight excluding hydrogens is 146 g/mol. The maximum absolute atomic E-state index is 10.7. The van der Waals surface area contributed by atoms with E-state index in [4.69, 9.17) is 0 Å². The Morgan fingerprint density at radius 2 is 2.18 bits per heavy atom. The molecule has 0 fully saturated rings. The average molecular weight is 152 g/mol. The first-order valence-corrected chi connectivity index (χ1v) is 2.99. The highest BCUT2D eigenvalue weighted by Gasteiger charge is 1.93. The molecule has 0 saturated carbocycles. The molecule has 0 unspecified atom stereocenters. The Morgan fingerprint density at radius 1 is 1.55 bits per heavy atom. The molecule has 0 saturated heterocycles. The van der Waals surface area contributed by atoms with Crippen LogP contribution in [0.25, 0.3) is 0 Å². The number of aromatic carboxylic acids is 1. The number of aromatic nitrogens is 1. The van der Waals surface area contributed by atoms with Gasteiger partial charge >= 0.3 is 0 Å². The van der Waals surface area contributed by atoms with Gasteiger partial charge < -0.3 is 14.5 Å². The minimum Gasteiger partial charge on any atom is -0.545 e. The molecule has 4 nitrogen and oxygen atoms in total. The summed E-state index contributed by atoms with van der Waals surface area (Å²) in [7, 11) is 1.48. The lowest BCUT2D eigenvalue weighted by Gasteiger charge is -2.02. The third-order valence-electron chi connectivity index (χ3n) is 1.32. The van der Waals surface area contributed by atoms with E-state index in [9.17, 15) is 14.7 Å². The van der Waals surface area contributed by atoms with Crippen LogP contribution in [0.3, 0.4) is 0 Å². The number of carboxylic acid groups (broad SMARTS) is 1. The molecule has 0 spiro atoms. The van der Waals surface area contributed by atoms with Crippen molar-refractivity contribution in [2.75, 3.05) is 0 Å². The van der Waals surface area contributed by atoms with Gasteiger partial charge in [0, 0.05) is 24.9 Å². The monoisotopic (exact) mass is 152 g/mol. The number of carbonyl (C=O) groups is 1. The highest BCUT2D eigenvalue weighted by molar-refractivity contribution is 5.85.